The Morgan fingerprint density at radius 2 is 1.72 bits per heavy atom. The first-order valence-corrected chi connectivity index (χ1v) is 6.02. The van der Waals surface area contributed by atoms with Crippen molar-refractivity contribution in [2.24, 2.45) is 0 Å². The zero-order valence-corrected chi connectivity index (χ0v) is 10.8. The maximum Gasteiger partial charge on any atom is 0.126 e. The lowest BCUT2D eigenvalue weighted by molar-refractivity contribution is 0.300. The number of benzene rings is 1. The van der Waals surface area contributed by atoms with Gasteiger partial charge in [0.25, 0.3) is 0 Å². The molecule has 6 heteroatoms. The van der Waals surface area contributed by atoms with E-state index in [9.17, 15) is 8.78 Å². The van der Waals surface area contributed by atoms with Crippen molar-refractivity contribution in [3.8, 4) is 0 Å². The minimum atomic E-state index is -0.587. The summed E-state index contributed by atoms with van der Waals surface area (Å²) in [5.74, 6) is -1.17. The Morgan fingerprint density at radius 1 is 1.06 bits per heavy atom. The highest BCUT2D eigenvalue weighted by atomic mass is 35.5. The van der Waals surface area contributed by atoms with E-state index in [4.69, 9.17) is 23.2 Å². The minimum absolute atomic E-state index is 0.435. The number of halogens is 4. The molecule has 96 valence electrons. The van der Waals surface area contributed by atoms with Gasteiger partial charge >= 0.3 is 0 Å². The van der Waals surface area contributed by atoms with Crippen LogP contribution < -0.4 is 5.43 Å². The van der Waals surface area contributed by atoms with E-state index in [1.54, 1.807) is 17.2 Å². The average molecular weight is 291 g/mol. The summed E-state index contributed by atoms with van der Waals surface area (Å²) in [4.78, 5) is 0. The Balaban J connectivity index is 2.00. The van der Waals surface area contributed by atoms with E-state index >= 15 is 0 Å². The molecule has 0 fully saturated rings. The van der Waals surface area contributed by atoms with Crippen LogP contribution in [0.15, 0.2) is 40.7 Å². The van der Waals surface area contributed by atoms with Gasteiger partial charge in [-0.25, -0.2) is 8.78 Å². The van der Waals surface area contributed by atoms with Gasteiger partial charge in [-0.1, -0.05) is 23.2 Å². The molecule has 0 aromatic heterocycles. The van der Waals surface area contributed by atoms with Gasteiger partial charge in [-0.2, -0.15) is 0 Å². The largest absolute Gasteiger partial charge is 0.287 e. The molecule has 0 amide bonds. The summed E-state index contributed by atoms with van der Waals surface area (Å²) in [7, 11) is 0. The number of rotatable bonds is 3. The number of hydrogen-bond donors (Lipinski definition) is 1. The third kappa shape index (κ3) is 3.37. The molecule has 0 aliphatic carbocycles. The molecular weight excluding hydrogens is 281 g/mol. The van der Waals surface area contributed by atoms with E-state index in [2.05, 4.69) is 5.43 Å². The zero-order chi connectivity index (χ0) is 13.1. The second kappa shape index (κ2) is 5.59. The zero-order valence-electron chi connectivity index (χ0n) is 9.26. The van der Waals surface area contributed by atoms with Crippen molar-refractivity contribution < 1.29 is 8.78 Å². The molecule has 0 unspecified atom stereocenters. The summed E-state index contributed by atoms with van der Waals surface area (Å²) in [6.07, 6.45) is 3.71. The van der Waals surface area contributed by atoms with Crippen LogP contribution in [0.5, 0.6) is 0 Å². The molecule has 1 aliphatic heterocycles. The molecule has 0 radical (unpaired) electrons. The van der Waals surface area contributed by atoms with Crippen LogP contribution in [-0.4, -0.2) is 11.6 Å². The topological polar surface area (TPSA) is 15.3 Å². The van der Waals surface area contributed by atoms with Crippen LogP contribution in [0.1, 0.15) is 5.56 Å². The maximum atomic E-state index is 13.0. The second-order valence-electron chi connectivity index (χ2n) is 3.80. The summed E-state index contributed by atoms with van der Waals surface area (Å²) >= 11 is 11.7. The van der Waals surface area contributed by atoms with Crippen LogP contribution in [0, 0.1) is 11.6 Å². The van der Waals surface area contributed by atoms with E-state index in [0.717, 1.165) is 6.07 Å². The summed E-state index contributed by atoms with van der Waals surface area (Å²) in [5.41, 5.74) is 3.40. The Hall–Kier alpha value is -1.26. The first kappa shape index (κ1) is 13.2. The van der Waals surface area contributed by atoms with Crippen LogP contribution in [0.4, 0.5) is 8.78 Å². The number of hydrazine groups is 1. The summed E-state index contributed by atoms with van der Waals surface area (Å²) in [6.45, 7) is 0.447. The fourth-order valence-corrected chi connectivity index (χ4v) is 1.97. The summed E-state index contributed by atoms with van der Waals surface area (Å²) < 4.78 is 26.0. The van der Waals surface area contributed by atoms with Crippen LogP contribution in [0.25, 0.3) is 0 Å². The van der Waals surface area contributed by atoms with Crippen molar-refractivity contribution in [1.29, 1.82) is 0 Å². The fourth-order valence-electron chi connectivity index (χ4n) is 1.61. The lowest BCUT2D eigenvalue weighted by Gasteiger charge is -2.27. The molecule has 0 bridgehead atoms. The number of hydrogen-bond acceptors (Lipinski definition) is 2. The maximum absolute atomic E-state index is 13.0. The number of allylic oxidation sites excluding steroid dienone is 2. The molecule has 0 spiro atoms. The first-order chi connectivity index (χ1) is 8.54. The van der Waals surface area contributed by atoms with Crippen LogP contribution in [0.3, 0.4) is 0 Å². The van der Waals surface area contributed by atoms with Gasteiger partial charge in [0.15, 0.2) is 0 Å². The van der Waals surface area contributed by atoms with E-state index < -0.39 is 11.6 Å². The Bertz CT molecular complexity index is 495. The lowest BCUT2D eigenvalue weighted by Crippen LogP contribution is -2.37. The van der Waals surface area contributed by atoms with Crippen molar-refractivity contribution in [3.05, 3.63) is 57.9 Å². The molecule has 1 aliphatic rings. The molecular formula is C12H10Cl2F2N2. The van der Waals surface area contributed by atoms with Crippen molar-refractivity contribution in [2.75, 3.05) is 6.54 Å². The van der Waals surface area contributed by atoms with E-state index in [-0.39, 0.29) is 0 Å². The highest BCUT2D eigenvalue weighted by molar-refractivity contribution is 6.31. The molecule has 2 nitrogen and oxygen atoms in total. The normalized spacial score (nSPS) is 15.0. The van der Waals surface area contributed by atoms with Gasteiger partial charge in [-0.05, 0) is 36.3 Å². The molecule has 1 aromatic carbocycles. The molecule has 0 atom stereocenters. The van der Waals surface area contributed by atoms with Gasteiger partial charge in [-0.15, -0.1) is 0 Å². The third-order valence-corrected chi connectivity index (χ3v) is 2.95. The molecule has 1 heterocycles. The van der Waals surface area contributed by atoms with Crippen molar-refractivity contribution >= 4 is 23.2 Å². The van der Waals surface area contributed by atoms with Gasteiger partial charge in [0.05, 0.1) is 0 Å². The predicted molar refractivity (Wildman–Crippen MR) is 67.8 cm³/mol. The van der Waals surface area contributed by atoms with E-state index in [1.165, 1.54) is 12.1 Å². The van der Waals surface area contributed by atoms with Crippen LogP contribution >= 0.6 is 23.2 Å². The predicted octanol–water partition coefficient (Wildman–Crippen LogP) is 3.49. The van der Waals surface area contributed by atoms with Crippen molar-refractivity contribution in [1.82, 2.24) is 10.4 Å². The van der Waals surface area contributed by atoms with E-state index in [0.29, 0.717) is 28.8 Å². The van der Waals surface area contributed by atoms with Gasteiger partial charge in [-0.3, -0.25) is 10.4 Å². The van der Waals surface area contributed by atoms with Crippen molar-refractivity contribution in [2.45, 2.75) is 6.42 Å². The highest BCUT2D eigenvalue weighted by Gasteiger charge is 2.12. The monoisotopic (exact) mass is 290 g/mol. The quantitative estimate of drug-likeness (QED) is 0.858. The summed E-state index contributed by atoms with van der Waals surface area (Å²) in [5, 5.41) is 2.51. The smallest absolute Gasteiger partial charge is 0.126 e. The molecule has 1 aromatic rings. The number of nitrogens with zero attached hydrogens (tertiary/aromatic N) is 1. The molecule has 0 saturated carbocycles. The van der Waals surface area contributed by atoms with Crippen LogP contribution in [0.2, 0.25) is 0 Å². The minimum Gasteiger partial charge on any atom is -0.287 e. The van der Waals surface area contributed by atoms with Crippen molar-refractivity contribution in [3.63, 3.8) is 0 Å². The van der Waals surface area contributed by atoms with Gasteiger partial charge in [0.2, 0.25) is 0 Å². The van der Waals surface area contributed by atoms with Gasteiger partial charge in [0, 0.05) is 12.6 Å². The Kier molecular flexibility index (Phi) is 4.09. The average Bonchev–Trinajstić information content (AvgIpc) is 2.29. The first-order valence-electron chi connectivity index (χ1n) is 5.27. The second-order valence-corrected chi connectivity index (χ2v) is 4.59. The Morgan fingerprint density at radius 3 is 2.39 bits per heavy atom. The van der Waals surface area contributed by atoms with Gasteiger partial charge < -0.3 is 0 Å². The molecule has 2 rings (SSSR count). The molecule has 18 heavy (non-hydrogen) atoms. The van der Waals surface area contributed by atoms with E-state index in [1.807, 2.05) is 0 Å². The molecule has 0 saturated heterocycles. The fraction of sp³-hybridized carbons (Fsp3) is 0.167. The summed E-state index contributed by atoms with van der Waals surface area (Å²) in [6, 6.07) is 3.43. The Labute approximate surface area is 113 Å². The van der Waals surface area contributed by atoms with Crippen LogP contribution in [-0.2, 0) is 6.42 Å². The standard InChI is InChI=1S/C12H10Cl2F2N2/c13-11-1-2-12(14)18(17-11)4-3-8-5-9(15)7-10(16)6-8/h1-2,5-7,17H,3-4H2. The lowest BCUT2D eigenvalue weighted by atomic mass is 10.1. The van der Waals surface area contributed by atoms with Gasteiger partial charge in [0.1, 0.15) is 21.9 Å². The highest BCUT2D eigenvalue weighted by Crippen LogP contribution is 2.17. The molecule has 1 N–H and O–H groups in total. The SMILES string of the molecule is Fc1cc(F)cc(CCN2NC(Cl)=CC=C2Cl)c1. The third-order valence-electron chi connectivity index (χ3n) is 2.41. The number of nitrogens with one attached hydrogen (secondary N) is 1.